The average molecular weight is 346 g/mol. The van der Waals surface area contributed by atoms with Crippen molar-refractivity contribution in [3.63, 3.8) is 0 Å². The minimum absolute atomic E-state index is 0.282. The molecule has 2 heterocycles. The van der Waals surface area contributed by atoms with Crippen molar-refractivity contribution in [1.29, 1.82) is 0 Å². The van der Waals surface area contributed by atoms with E-state index in [2.05, 4.69) is 19.9 Å². The van der Waals surface area contributed by atoms with Gasteiger partial charge in [0.05, 0.1) is 24.8 Å². The fourth-order valence-electron chi connectivity index (χ4n) is 3.06. The van der Waals surface area contributed by atoms with Crippen LogP contribution in [0.1, 0.15) is 19.7 Å². The van der Waals surface area contributed by atoms with Crippen molar-refractivity contribution in [3.05, 3.63) is 30.2 Å². The van der Waals surface area contributed by atoms with E-state index in [1.54, 1.807) is 0 Å². The summed E-state index contributed by atoms with van der Waals surface area (Å²) in [6.45, 7) is 9.50. The Hall–Kier alpha value is -1.96. The minimum atomic E-state index is -0.282. The number of aliphatic hydroxyl groups is 1. The Kier molecular flexibility index (Phi) is 6.01. The Morgan fingerprint density at radius 2 is 1.92 bits per heavy atom. The zero-order valence-corrected chi connectivity index (χ0v) is 14.9. The minimum Gasteiger partial charge on any atom is -0.493 e. The lowest BCUT2D eigenvalue weighted by molar-refractivity contribution is 0.0737. The summed E-state index contributed by atoms with van der Waals surface area (Å²) in [6.07, 6.45) is -0.282. The van der Waals surface area contributed by atoms with E-state index in [-0.39, 0.29) is 6.10 Å². The van der Waals surface area contributed by atoms with Crippen molar-refractivity contribution < 1.29 is 14.4 Å². The molecule has 7 nitrogen and oxygen atoms in total. The maximum absolute atomic E-state index is 9.48. The molecule has 1 aromatic heterocycles. The van der Waals surface area contributed by atoms with Gasteiger partial charge in [-0.2, -0.15) is 4.98 Å². The molecule has 0 radical (unpaired) electrons. The summed E-state index contributed by atoms with van der Waals surface area (Å²) in [4.78, 5) is 9.10. The van der Waals surface area contributed by atoms with Gasteiger partial charge in [-0.25, -0.2) is 0 Å². The Balaban J connectivity index is 1.60. The lowest BCUT2D eigenvalue weighted by atomic mass is 10.2. The van der Waals surface area contributed by atoms with Gasteiger partial charge in [-0.1, -0.05) is 17.3 Å². The molecule has 0 unspecified atom stereocenters. The zero-order chi connectivity index (χ0) is 17.6. The zero-order valence-electron chi connectivity index (χ0n) is 14.9. The van der Waals surface area contributed by atoms with Crippen LogP contribution < -0.4 is 4.74 Å². The van der Waals surface area contributed by atoms with Crippen molar-refractivity contribution >= 4 is 0 Å². The predicted molar refractivity (Wildman–Crippen MR) is 94.3 cm³/mol. The van der Waals surface area contributed by atoms with Gasteiger partial charge in [0, 0.05) is 32.7 Å². The second-order valence-electron chi connectivity index (χ2n) is 6.37. The molecule has 0 amide bonds. The van der Waals surface area contributed by atoms with Crippen LogP contribution in [0, 0.1) is 0 Å². The van der Waals surface area contributed by atoms with Gasteiger partial charge < -0.3 is 14.4 Å². The smallest absolute Gasteiger partial charge is 0.241 e. The van der Waals surface area contributed by atoms with Crippen LogP contribution in [-0.4, -0.2) is 70.5 Å². The Labute approximate surface area is 148 Å². The Morgan fingerprint density at radius 3 is 2.64 bits per heavy atom. The van der Waals surface area contributed by atoms with Gasteiger partial charge in [-0.3, -0.25) is 9.80 Å². The van der Waals surface area contributed by atoms with Gasteiger partial charge in [0.2, 0.25) is 11.7 Å². The number of aliphatic hydroxyl groups excluding tert-OH is 1. The lowest BCUT2D eigenvalue weighted by Crippen LogP contribution is -2.47. The first-order valence-corrected chi connectivity index (χ1v) is 8.83. The second kappa shape index (κ2) is 8.42. The van der Waals surface area contributed by atoms with Crippen LogP contribution in [-0.2, 0) is 6.54 Å². The van der Waals surface area contributed by atoms with Crippen LogP contribution in [0.15, 0.2) is 28.8 Å². The number of hydrogen-bond acceptors (Lipinski definition) is 7. The summed E-state index contributed by atoms with van der Waals surface area (Å²) < 4.78 is 11.1. The van der Waals surface area contributed by atoms with Crippen LogP contribution in [0.4, 0.5) is 0 Å². The predicted octanol–water partition coefficient (Wildman–Crippen LogP) is 1.63. The first-order valence-electron chi connectivity index (χ1n) is 8.83. The Morgan fingerprint density at radius 1 is 1.20 bits per heavy atom. The van der Waals surface area contributed by atoms with E-state index in [1.807, 2.05) is 38.1 Å². The number of ether oxygens (including phenoxy) is 1. The first-order chi connectivity index (χ1) is 12.2. The summed E-state index contributed by atoms with van der Waals surface area (Å²) in [5, 5.41) is 13.6. The van der Waals surface area contributed by atoms with Crippen LogP contribution in [0.5, 0.6) is 5.75 Å². The monoisotopic (exact) mass is 346 g/mol. The van der Waals surface area contributed by atoms with Crippen LogP contribution >= 0.6 is 0 Å². The molecule has 2 aromatic rings. The van der Waals surface area contributed by atoms with Gasteiger partial charge in [0.1, 0.15) is 5.75 Å². The molecule has 0 saturated carbocycles. The summed E-state index contributed by atoms with van der Waals surface area (Å²) in [7, 11) is 0. The number of rotatable bonds is 7. The van der Waals surface area contributed by atoms with E-state index in [9.17, 15) is 5.11 Å². The van der Waals surface area contributed by atoms with Crippen molar-refractivity contribution in [2.24, 2.45) is 0 Å². The van der Waals surface area contributed by atoms with Crippen molar-refractivity contribution in [2.75, 3.05) is 39.3 Å². The summed E-state index contributed by atoms with van der Waals surface area (Å²) >= 11 is 0. The van der Waals surface area contributed by atoms with Gasteiger partial charge in [-0.15, -0.1) is 0 Å². The molecule has 136 valence electrons. The lowest BCUT2D eigenvalue weighted by Gasteiger charge is -2.34. The number of aromatic nitrogens is 2. The third-order valence-corrected chi connectivity index (χ3v) is 4.24. The third kappa shape index (κ3) is 4.78. The molecule has 0 spiro atoms. The highest BCUT2D eigenvalue weighted by molar-refractivity contribution is 5.63. The van der Waals surface area contributed by atoms with E-state index in [4.69, 9.17) is 9.26 Å². The topological polar surface area (TPSA) is 74.9 Å². The highest BCUT2D eigenvalue weighted by Crippen LogP contribution is 2.27. The van der Waals surface area contributed by atoms with Gasteiger partial charge in [-0.05, 0) is 26.0 Å². The van der Waals surface area contributed by atoms with Crippen LogP contribution in [0.2, 0.25) is 0 Å². The van der Waals surface area contributed by atoms with E-state index in [1.165, 1.54) is 0 Å². The SMILES string of the molecule is CCOc1ccccc1-c1noc(CN2CCN(C[C@@H](C)O)CC2)n1. The maximum atomic E-state index is 9.48. The van der Waals surface area contributed by atoms with Gasteiger partial charge in [0.15, 0.2) is 0 Å². The largest absolute Gasteiger partial charge is 0.493 e. The van der Waals surface area contributed by atoms with E-state index in [0.717, 1.165) is 44.0 Å². The highest BCUT2D eigenvalue weighted by Gasteiger charge is 2.20. The molecule has 0 bridgehead atoms. The second-order valence-corrected chi connectivity index (χ2v) is 6.37. The molecule has 1 atom stereocenters. The third-order valence-electron chi connectivity index (χ3n) is 4.24. The molecular formula is C18H26N4O3. The number of β-amino-alcohol motifs (C(OH)–C–C–N with tert-alkyl or cyclic N) is 1. The standard InChI is InChI=1S/C18H26N4O3/c1-3-24-16-7-5-4-6-15(16)18-19-17(25-20-18)13-22-10-8-21(9-11-22)12-14(2)23/h4-7,14,23H,3,8-13H2,1-2H3/t14-/m1/s1. The highest BCUT2D eigenvalue weighted by atomic mass is 16.5. The fraction of sp³-hybridized carbons (Fsp3) is 0.556. The average Bonchev–Trinajstić information content (AvgIpc) is 3.05. The summed E-state index contributed by atoms with van der Waals surface area (Å²) in [6, 6.07) is 7.72. The van der Waals surface area contributed by atoms with E-state index >= 15 is 0 Å². The van der Waals surface area contributed by atoms with E-state index in [0.29, 0.717) is 24.9 Å². The molecule has 1 saturated heterocycles. The van der Waals surface area contributed by atoms with E-state index < -0.39 is 0 Å². The van der Waals surface area contributed by atoms with Gasteiger partial charge in [0.25, 0.3) is 0 Å². The number of piperazine rings is 1. The molecule has 1 N–H and O–H groups in total. The van der Waals surface area contributed by atoms with Gasteiger partial charge >= 0.3 is 0 Å². The number of para-hydroxylation sites is 1. The molecular weight excluding hydrogens is 320 g/mol. The molecule has 7 heteroatoms. The quantitative estimate of drug-likeness (QED) is 0.817. The molecule has 3 rings (SSSR count). The Bertz CT molecular complexity index is 666. The molecule has 1 aliphatic heterocycles. The molecule has 1 fully saturated rings. The van der Waals surface area contributed by atoms with Crippen molar-refractivity contribution in [1.82, 2.24) is 19.9 Å². The molecule has 0 aliphatic carbocycles. The summed E-state index contributed by atoms with van der Waals surface area (Å²) in [5.74, 6) is 1.95. The molecule has 1 aliphatic rings. The number of benzene rings is 1. The molecule has 25 heavy (non-hydrogen) atoms. The normalized spacial score (nSPS) is 17.6. The maximum Gasteiger partial charge on any atom is 0.241 e. The van der Waals surface area contributed by atoms with Crippen molar-refractivity contribution in [2.45, 2.75) is 26.5 Å². The fourth-order valence-corrected chi connectivity index (χ4v) is 3.06. The van der Waals surface area contributed by atoms with Crippen molar-refractivity contribution in [3.8, 4) is 17.1 Å². The number of nitrogens with zero attached hydrogens (tertiary/aromatic N) is 4. The van der Waals surface area contributed by atoms with Crippen LogP contribution in [0.3, 0.4) is 0 Å². The molecule has 1 aromatic carbocycles. The number of hydrogen-bond donors (Lipinski definition) is 1. The first kappa shape index (κ1) is 17.8. The van der Waals surface area contributed by atoms with Crippen LogP contribution in [0.25, 0.3) is 11.4 Å². The summed E-state index contributed by atoms with van der Waals surface area (Å²) in [5.41, 5.74) is 0.848.